The first kappa shape index (κ1) is 18.6. The number of nitrogens with one attached hydrogen (secondary N) is 1. The van der Waals surface area contributed by atoms with Crippen LogP contribution in [-0.4, -0.2) is 43.3 Å². The van der Waals surface area contributed by atoms with Gasteiger partial charge in [-0.3, -0.25) is 0 Å². The van der Waals surface area contributed by atoms with E-state index in [1.807, 2.05) is 4.90 Å². The Hall–Kier alpha value is -0.480. The average Bonchev–Trinajstić information content (AvgIpc) is 2.52. The Bertz CT molecular complexity index is 290. The highest BCUT2D eigenvalue weighted by Crippen LogP contribution is 2.24. The highest BCUT2D eigenvalue weighted by molar-refractivity contribution is 5.85. The first-order chi connectivity index (χ1) is 9.81. The van der Waals surface area contributed by atoms with Crippen molar-refractivity contribution in [3.05, 3.63) is 0 Å². The van der Waals surface area contributed by atoms with E-state index in [0.717, 1.165) is 38.9 Å². The van der Waals surface area contributed by atoms with Gasteiger partial charge in [0.2, 0.25) is 0 Å². The number of piperidine rings is 1. The molecule has 0 bridgehead atoms. The summed E-state index contributed by atoms with van der Waals surface area (Å²) in [4.78, 5) is 14.3. The van der Waals surface area contributed by atoms with Crippen molar-refractivity contribution in [1.82, 2.24) is 10.2 Å². The summed E-state index contributed by atoms with van der Waals surface area (Å²) in [7, 11) is 0. The molecule has 1 heterocycles. The molecule has 0 unspecified atom stereocenters. The van der Waals surface area contributed by atoms with E-state index in [-0.39, 0.29) is 18.5 Å². The van der Waals surface area contributed by atoms with E-state index in [1.54, 1.807) is 0 Å². The number of hydrogen-bond acceptors (Lipinski definition) is 3. The Morgan fingerprint density at radius 1 is 1.14 bits per heavy atom. The summed E-state index contributed by atoms with van der Waals surface area (Å²) < 4.78 is 5.62. The zero-order chi connectivity index (χ0) is 14.2. The molecule has 2 rings (SSSR count). The Balaban J connectivity index is 0.00000220. The van der Waals surface area contributed by atoms with E-state index in [4.69, 9.17) is 4.74 Å². The Labute approximate surface area is 135 Å². The molecule has 0 spiro atoms. The third kappa shape index (κ3) is 6.03. The van der Waals surface area contributed by atoms with Crippen LogP contribution in [0.25, 0.3) is 0 Å². The van der Waals surface area contributed by atoms with Gasteiger partial charge in [0.05, 0.1) is 6.61 Å². The van der Waals surface area contributed by atoms with E-state index in [0.29, 0.717) is 18.6 Å². The van der Waals surface area contributed by atoms with E-state index in [2.05, 4.69) is 12.2 Å². The molecule has 124 valence electrons. The molecule has 0 aromatic heterocycles. The third-order valence-corrected chi connectivity index (χ3v) is 4.62. The predicted octanol–water partition coefficient (Wildman–Crippen LogP) is 3.59. The number of rotatable bonds is 5. The SMILES string of the molecule is CCCN(C(=O)OCC1CCCCC1)C1CCNCC1.Cl. The van der Waals surface area contributed by atoms with Crippen LogP contribution >= 0.6 is 12.4 Å². The summed E-state index contributed by atoms with van der Waals surface area (Å²) in [5.74, 6) is 0.601. The zero-order valence-electron chi connectivity index (χ0n) is 13.3. The largest absolute Gasteiger partial charge is 0.449 e. The van der Waals surface area contributed by atoms with Crippen LogP contribution in [0.4, 0.5) is 4.79 Å². The van der Waals surface area contributed by atoms with E-state index in [1.165, 1.54) is 32.1 Å². The van der Waals surface area contributed by atoms with E-state index >= 15 is 0 Å². The van der Waals surface area contributed by atoms with Gasteiger partial charge < -0.3 is 15.0 Å². The third-order valence-electron chi connectivity index (χ3n) is 4.62. The van der Waals surface area contributed by atoms with Gasteiger partial charge in [-0.1, -0.05) is 26.2 Å². The van der Waals surface area contributed by atoms with Crippen LogP contribution in [0, 0.1) is 5.92 Å². The lowest BCUT2D eigenvalue weighted by Crippen LogP contribution is -2.47. The van der Waals surface area contributed by atoms with Crippen molar-refractivity contribution >= 4 is 18.5 Å². The number of ether oxygens (including phenoxy) is 1. The Morgan fingerprint density at radius 3 is 2.43 bits per heavy atom. The molecule has 1 aliphatic heterocycles. The molecule has 0 aromatic rings. The van der Waals surface area contributed by atoms with E-state index in [9.17, 15) is 4.79 Å². The highest BCUT2D eigenvalue weighted by Gasteiger charge is 2.26. The van der Waals surface area contributed by atoms with Crippen molar-refractivity contribution < 1.29 is 9.53 Å². The monoisotopic (exact) mass is 318 g/mol. The number of halogens is 1. The molecule has 0 radical (unpaired) electrons. The molecule has 1 aliphatic carbocycles. The molecule has 1 N–H and O–H groups in total. The van der Waals surface area contributed by atoms with Gasteiger partial charge >= 0.3 is 6.09 Å². The van der Waals surface area contributed by atoms with Crippen molar-refractivity contribution in [2.24, 2.45) is 5.92 Å². The number of carbonyl (C=O) groups is 1. The summed E-state index contributed by atoms with van der Waals surface area (Å²) in [5, 5.41) is 3.36. The van der Waals surface area contributed by atoms with Crippen molar-refractivity contribution in [3.8, 4) is 0 Å². The fourth-order valence-electron chi connectivity index (χ4n) is 3.41. The van der Waals surface area contributed by atoms with Gasteiger partial charge in [0, 0.05) is 12.6 Å². The normalized spacial score (nSPS) is 20.6. The molecule has 1 saturated carbocycles. The maximum atomic E-state index is 12.4. The summed E-state index contributed by atoms with van der Waals surface area (Å²) in [6.07, 6.45) is 9.44. The molecule has 0 aromatic carbocycles. The lowest BCUT2D eigenvalue weighted by molar-refractivity contribution is 0.0616. The van der Waals surface area contributed by atoms with Gasteiger partial charge in [-0.25, -0.2) is 4.79 Å². The molecule has 1 amide bonds. The fraction of sp³-hybridized carbons (Fsp3) is 0.938. The zero-order valence-corrected chi connectivity index (χ0v) is 14.1. The van der Waals surface area contributed by atoms with Crippen LogP contribution in [0.15, 0.2) is 0 Å². The van der Waals surface area contributed by atoms with Gasteiger partial charge in [-0.15, -0.1) is 12.4 Å². The maximum absolute atomic E-state index is 12.4. The van der Waals surface area contributed by atoms with Gasteiger partial charge in [-0.05, 0) is 51.1 Å². The van der Waals surface area contributed by atoms with Gasteiger partial charge in [0.1, 0.15) is 0 Å². The van der Waals surface area contributed by atoms with Crippen molar-refractivity contribution in [2.75, 3.05) is 26.2 Å². The Kier molecular flexibility index (Phi) is 9.09. The lowest BCUT2D eigenvalue weighted by atomic mass is 9.90. The van der Waals surface area contributed by atoms with Crippen LogP contribution in [0.2, 0.25) is 0 Å². The summed E-state index contributed by atoms with van der Waals surface area (Å²) in [5.41, 5.74) is 0. The van der Waals surface area contributed by atoms with Crippen LogP contribution in [0.1, 0.15) is 58.3 Å². The van der Waals surface area contributed by atoms with Crippen molar-refractivity contribution in [2.45, 2.75) is 64.3 Å². The number of nitrogens with zero attached hydrogens (tertiary/aromatic N) is 1. The molecule has 21 heavy (non-hydrogen) atoms. The molecule has 0 atom stereocenters. The predicted molar refractivity (Wildman–Crippen MR) is 88.1 cm³/mol. The smallest absolute Gasteiger partial charge is 0.410 e. The van der Waals surface area contributed by atoms with E-state index < -0.39 is 0 Å². The number of hydrogen-bond donors (Lipinski definition) is 1. The highest BCUT2D eigenvalue weighted by atomic mass is 35.5. The number of carbonyl (C=O) groups excluding carboxylic acids is 1. The first-order valence-corrected chi connectivity index (χ1v) is 8.45. The van der Waals surface area contributed by atoms with Crippen LogP contribution in [0.3, 0.4) is 0 Å². The summed E-state index contributed by atoms with van der Waals surface area (Å²) in [6, 6.07) is 0.370. The summed E-state index contributed by atoms with van der Waals surface area (Å²) in [6.45, 7) is 5.61. The van der Waals surface area contributed by atoms with Crippen LogP contribution in [0.5, 0.6) is 0 Å². The van der Waals surface area contributed by atoms with Crippen LogP contribution < -0.4 is 5.32 Å². The number of amides is 1. The molecule has 4 nitrogen and oxygen atoms in total. The topological polar surface area (TPSA) is 41.6 Å². The second-order valence-corrected chi connectivity index (χ2v) is 6.26. The van der Waals surface area contributed by atoms with Gasteiger partial charge in [0.25, 0.3) is 0 Å². The average molecular weight is 319 g/mol. The summed E-state index contributed by atoms with van der Waals surface area (Å²) >= 11 is 0. The fourth-order valence-corrected chi connectivity index (χ4v) is 3.41. The molecule has 2 aliphatic rings. The molecular formula is C16H31ClN2O2. The second kappa shape index (κ2) is 10.3. The quantitative estimate of drug-likeness (QED) is 0.842. The Morgan fingerprint density at radius 2 is 1.81 bits per heavy atom. The van der Waals surface area contributed by atoms with Gasteiger partial charge in [-0.2, -0.15) is 0 Å². The second-order valence-electron chi connectivity index (χ2n) is 6.26. The van der Waals surface area contributed by atoms with Gasteiger partial charge in [0.15, 0.2) is 0 Å². The molecule has 5 heteroatoms. The maximum Gasteiger partial charge on any atom is 0.410 e. The standard InChI is InChI=1S/C16H30N2O2.ClH/c1-2-12-18(15-8-10-17-11-9-15)16(19)20-13-14-6-4-3-5-7-14;/h14-15,17H,2-13H2,1H3;1H. The van der Waals surface area contributed by atoms with Crippen molar-refractivity contribution in [3.63, 3.8) is 0 Å². The molecule has 2 fully saturated rings. The molecular weight excluding hydrogens is 288 g/mol. The first-order valence-electron chi connectivity index (χ1n) is 8.45. The molecule has 1 saturated heterocycles. The van der Waals surface area contributed by atoms with Crippen molar-refractivity contribution in [1.29, 1.82) is 0 Å². The lowest BCUT2D eigenvalue weighted by Gasteiger charge is -2.34. The minimum atomic E-state index is -0.0793. The minimum Gasteiger partial charge on any atom is -0.449 e. The minimum absolute atomic E-state index is 0. The van der Waals surface area contributed by atoms with Crippen LogP contribution in [-0.2, 0) is 4.74 Å².